The summed E-state index contributed by atoms with van der Waals surface area (Å²) in [6.45, 7) is -0.0432. The number of anilines is 1. The first-order chi connectivity index (χ1) is 9.20. The number of aliphatic hydroxyl groups excluding tert-OH is 1. The molecule has 19 heavy (non-hydrogen) atoms. The van der Waals surface area contributed by atoms with E-state index in [2.05, 4.69) is 26.7 Å². The van der Waals surface area contributed by atoms with Gasteiger partial charge in [-0.25, -0.2) is 9.97 Å². The van der Waals surface area contributed by atoms with Crippen LogP contribution in [0.1, 0.15) is 25.7 Å². The fourth-order valence-electron chi connectivity index (χ4n) is 2.45. The fraction of sp³-hybridized carbons (Fsp3) is 0.571. The van der Waals surface area contributed by atoms with E-state index in [0.717, 1.165) is 25.7 Å². The van der Waals surface area contributed by atoms with Gasteiger partial charge in [0.05, 0.1) is 17.4 Å². The van der Waals surface area contributed by atoms with E-state index >= 15 is 0 Å². The molecule has 1 fully saturated rings. The van der Waals surface area contributed by atoms with Gasteiger partial charge in [0.1, 0.15) is 6.61 Å². The van der Waals surface area contributed by atoms with Gasteiger partial charge in [0.25, 0.3) is 0 Å². The third-order valence-electron chi connectivity index (χ3n) is 3.55. The molecule has 1 N–H and O–H groups in total. The number of rotatable bonds is 2. The number of hydrogen-bond acceptors (Lipinski definition) is 4. The summed E-state index contributed by atoms with van der Waals surface area (Å²) in [4.78, 5) is 10.6. The standard InChI is InChI=1S/C14H18ClN3O/c1-18(14-16-9-12(15)10-17-14)13-6-4-11(5-7-13)3-2-8-19/h9-11,13,19H,4-8H2,1H3. The van der Waals surface area contributed by atoms with Crippen molar-refractivity contribution in [3.63, 3.8) is 0 Å². The summed E-state index contributed by atoms with van der Waals surface area (Å²) in [5.74, 6) is 7.00. The maximum absolute atomic E-state index is 8.70. The third kappa shape index (κ3) is 3.82. The molecule has 0 amide bonds. The Balaban J connectivity index is 1.92. The van der Waals surface area contributed by atoms with E-state index in [1.165, 1.54) is 0 Å². The molecule has 0 unspecified atom stereocenters. The topological polar surface area (TPSA) is 49.2 Å². The number of aliphatic hydroxyl groups is 1. The zero-order valence-electron chi connectivity index (χ0n) is 11.0. The zero-order chi connectivity index (χ0) is 13.7. The van der Waals surface area contributed by atoms with Crippen molar-refractivity contribution < 1.29 is 5.11 Å². The molecule has 2 rings (SSSR count). The molecule has 1 heterocycles. The highest BCUT2D eigenvalue weighted by Gasteiger charge is 2.24. The maximum atomic E-state index is 8.70. The maximum Gasteiger partial charge on any atom is 0.225 e. The lowest BCUT2D eigenvalue weighted by Crippen LogP contribution is -2.36. The lowest BCUT2D eigenvalue weighted by atomic mass is 9.86. The van der Waals surface area contributed by atoms with Crippen LogP contribution in [-0.2, 0) is 0 Å². The van der Waals surface area contributed by atoms with Crippen LogP contribution >= 0.6 is 11.6 Å². The van der Waals surface area contributed by atoms with Crippen LogP contribution in [0, 0.1) is 17.8 Å². The number of hydrogen-bond donors (Lipinski definition) is 1. The Bertz CT molecular complexity index is 458. The zero-order valence-corrected chi connectivity index (χ0v) is 11.8. The van der Waals surface area contributed by atoms with Gasteiger partial charge in [-0.1, -0.05) is 23.4 Å². The van der Waals surface area contributed by atoms with Crippen molar-refractivity contribution in [3.05, 3.63) is 17.4 Å². The van der Waals surface area contributed by atoms with E-state index < -0.39 is 0 Å². The first kappa shape index (κ1) is 14.1. The Kier molecular flexibility index (Phi) is 5.00. The molecule has 0 saturated heterocycles. The molecule has 0 spiro atoms. The van der Waals surface area contributed by atoms with E-state index in [0.29, 0.717) is 22.9 Å². The van der Waals surface area contributed by atoms with Gasteiger partial charge in [-0.05, 0) is 25.7 Å². The summed E-state index contributed by atoms with van der Waals surface area (Å²) in [5, 5.41) is 9.25. The molecule has 0 aromatic carbocycles. The minimum atomic E-state index is -0.0432. The Morgan fingerprint density at radius 1 is 1.32 bits per heavy atom. The van der Waals surface area contributed by atoms with Crippen LogP contribution in [0.4, 0.5) is 5.95 Å². The van der Waals surface area contributed by atoms with Crippen molar-refractivity contribution in [1.29, 1.82) is 0 Å². The van der Waals surface area contributed by atoms with Crippen molar-refractivity contribution >= 4 is 17.5 Å². The second-order valence-corrected chi connectivity index (χ2v) is 5.23. The second kappa shape index (κ2) is 6.74. The quantitative estimate of drug-likeness (QED) is 0.843. The molecule has 0 aliphatic heterocycles. The van der Waals surface area contributed by atoms with Gasteiger partial charge >= 0.3 is 0 Å². The third-order valence-corrected chi connectivity index (χ3v) is 3.75. The lowest BCUT2D eigenvalue weighted by molar-refractivity contribution is 0.347. The molecule has 1 aliphatic carbocycles. The predicted molar refractivity (Wildman–Crippen MR) is 76.1 cm³/mol. The highest BCUT2D eigenvalue weighted by molar-refractivity contribution is 6.30. The van der Waals surface area contributed by atoms with Crippen LogP contribution in [0.2, 0.25) is 5.02 Å². The summed E-state index contributed by atoms with van der Waals surface area (Å²) < 4.78 is 0. The van der Waals surface area contributed by atoms with Crippen LogP contribution < -0.4 is 4.90 Å². The van der Waals surface area contributed by atoms with Gasteiger partial charge in [-0.2, -0.15) is 0 Å². The highest BCUT2D eigenvalue weighted by Crippen LogP contribution is 2.28. The molecule has 1 saturated carbocycles. The molecule has 1 aliphatic rings. The van der Waals surface area contributed by atoms with Crippen molar-refractivity contribution in [3.8, 4) is 11.8 Å². The minimum Gasteiger partial charge on any atom is -0.384 e. The summed E-state index contributed by atoms with van der Waals surface area (Å²) >= 11 is 5.79. The Labute approximate surface area is 118 Å². The average molecular weight is 280 g/mol. The lowest BCUT2D eigenvalue weighted by Gasteiger charge is -2.33. The van der Waals surface area contributed by atoms with Gasteiger partial charge in [0, 0.05) is 19.0 Å². The molecule has 0 atom stereocenters. The van der Waals surface area contributed by atoms with E-state index in [1.54, 1.807) is 12.4 Å². The summed E-state index contributed by atoms with van der Waals surface area (Å²) in [6.07, 6.45) is 7.53. The van der Waals surface area contributed by atoms with Crippen LogP contribution in [0.3, 0.4) is 0 Å². The average Bonchev–Trinajstić information content (AvgIpc) is 2.46. The first-order valence-corrected chi connectivity index (χ1v) is 6.88. The molecule has 0 radical (unpaired) electrons. The molecule has 0 bridgehead atoms. The summed E-state index contributed by atoms with van der Waals surface area (Å²) in [5.41, 5.74) is 0. The van der Waals surface area contributed by atoms with E-state index in [4.69, 9.17) is 16.7 Å². The van der Waals surface area contributed by atoms with Crippen LogP contribution in [0.25, 0.3) is 0 Å². The second-order valence-electron chi connectivity index (χ2n) is 4.80. The highest BCUT2D eigenvalue weighted by atomic mass is 35.5. The molecule has 1 aromatic heterocycles. The Hall–Kier alpha value is -1.31. The van der Waals surface area contributed by atoms with Crippen molar-refractivity contribution in [2.24, 2.45) is 5.92 Å². The largest absolute Gasteiger partial charge is 0.384 e. The fourth-order valence-corrected chi connectivity index (χ4v) is 2.55. The normalized spacial score (nSPS) is 22.5. The number of halogens is 1. The smallest absolute Gasteiger partial charge is 0.225 e. The van der Waals surface area contributed by atoms with E-state index in [9.17, 15) is 0 Å². The SMILES string of the molecule is CN(c1ncc(Cl)cn1)C1CCC(C#CCO)CC1. The van der Waals surface area contributed by atoms with Crippen molar-refractivity contribution in [2.45, 2.75) is 31.7 Å². The van der Waals surface area contributed by atoms with Crippen LogP contribution in [-0.4, -0.2) is 34.8 Å². The first-order valence-electron chi connectivity index (χ1n) is 6.50. The van der Waals surface area contributed by atoms with Crippen molar-refractivity contribution in [1.82, 2.24) is 9.97 Å². The molecular formula is C14H18ClN3O. The van der Waals surface area contributed by atoms with Gasteiger partial charge in [-0.3, -0.25) is 0 Å². The molecule has 5 heteroatoms. The molecule has 1 aromatic rings. The van der Waals surface area contributed by atoms with Gasteiger partial charge < -0.3 is 10.0 Å². The van der Waals surface area contributed by atoms with Gasteiger partial charge in [0.15, 0.2) is 0 Å². The summed E-state index contributed by atoms with van der Waals surface area (Å²) in [7, 11) is 2.02. The predicted octanol–water partition coefficient (Wildman–Crippen LogP) is 2.12. The molecule has 102 valence electrons. The van der Waals surface area contributed by atoms with Crippen LogP contribution in [0.15, 0.2) is 12.4 Å². The van der Waals surface area contributed by atoms with Crippen LogP contribution in [0.5, 0.6) is 0 Å². The molecule has 4 nitrogen and oxygen atoms in total. The van der Waals surface area contributed by atoms with Gasteiger partial charge in [0.2, 0.25) is 5.95 Å². The molecular weight excluding hydrogens is 262 g/mol. The minimum absolute atomic E-state index is 0.0432. The monoisotopic (exact) mass is 279 g/mol. The van der Waals surface area contributed by atoms with E-state index in [1.807, 2.05) is 7.05 Å². The summed E-state index contributed by atoms with van der Waals surface area (Å²) in [6, 6.07) is 0.452. The van der Waals surface area contributed by atoms with E-state index in [-0.39, 0.29) is 6.61 Å². The Morgan fingerprint density at radius 2 is 1.95 bits per heavy atom. The Morgan fingerprint density at radius 3 is 2.53 bits per heavy atom. The number of aromatic nitrogens is 2. The van der Waals surface area contributed by atoms with Gasteiger partial charge in [-0.15, -0.1) is 0 Å². The number of nitrogens with zero attached hydrogens (tertiary/aromatic N) is 3. The van der Waals surface area contributed by atoms with Crippen molar-refractivity contribution in [2.75, 3.05) is 18.6 Å².